The largest absolute Gasteiger partial charge is 0.391 e. The van der Waals surface area contributed by atoms with Crippen LogP contribution in [0.5, 0.6) is 0 Å². The third-order valence-corrected chi connectivity index (χ3v) is 3.54. The number of aliphatic hydroxyl groups is 1. The number of nitrogens with one attached hydrogen (secondary N) is 1. The first-order valence-electron chi connectivity index (χ1n) is 6.25. The number of amides is 1. The standard InChI is InChI=1S/C12H15N3O3/c16-7-5-10(17)15(6-7)12-13-9-4-2-1-3-8(9)11(18)14-12/h7,16H,1-6H2,(H,13,14,18). The fourth-order valence-electron chi connectivity index (χ4n) is 2.61. The summed E-state index contributed by atoms with van der Waals surface area (Å²) in [5.74, 6) is 0.0867. The molecule has 1 amide bonds. The van der Waals surface area contributed by atoms with E-state index in [0.717, 1.165) is 36.9 Å². The number of aryl methyl sites for hydroxylation is 1. The summed E-state index contributed by atoms with van der Waals surface area (Å²) in [4.78, 5) is 32.0. The van der Waals surface area contributed by atoms with Crippen molar-refractivity contribution >= 4 is 11.9 Å². The monoisotopic (exact) mass is 249 g/mol. The highest BCUT2D eigenvalue weighted by molar-refractivity contribution is 5.94. The summed E-state index contributed by atoms with van der Waals surface area (Å²) in [6.07, 6.45) is 3.02. The molecule has 2 aliphatic rings. The quantitative estimate of drug-likeness (QED) is 0.718. The predicted octanol–water partition coefficient (Wildman–Crippen LogP) is -0.254. The van der Waals surface area contributed by atoms with E-state index in [0.29, 0.717) is 0 Å². The van der Waals surface area contributed by atoms with Crippen LogP contribution >= 0.6 is 0 Å². The van der Waals surface area contributed by atoms with Gasteiger partial charge in [-0.3, -0.25) is 19.5 Å². The first-order valence-corrected chi connectivity index (χ1v) is 6.25. The Kier molecular flexibility index (Phi) is 2.66. The minimum Gasteiger partial charge on any atom is -0.391 e. The second-order valence-electron chi connectivity index (χ2n) is 4.88. The zero-order valence-electron chi connectivity index (χ0n) is 9.98. The van der Waals surface area contributed by atoms with Gasteiger partial charge >= 0.3 is 0 Å². The van der Waals surface area contributed by atoms with Gasteiger partial charge in [0.05, 0.1) is 24.8 Å². The molecule has 1 aliphatic heterocycles. The molecular weight excluding hydrogens is 234 g/mol. The molecule has 0 bridgehead atoms. The highest BCUT2D eigenvalue weighted by atomic mass is 16.3. The average Bonchev–Trinajstić information content (AvgIpc) is 2.68. The van der Waals surface area contributed by atoms with Crippen LogP contribution in [0.1, 0.15) is 30.5 Å². The van der Waals surface area contributed by atoms with Crippen LogP contribution in [0.25, 0.3) is 0 Å². The Bertz CT molecular complexity index is 552. The van der Waals surface area contributed by atoms with Crippen LogP contribution in [0.3, 0.4) is 0 Å². The maximum absolute atomic E-state index is 11.9. The molecule has 1 unspecified atom stereocenters. The average molecular weight is 249 g/mol. The molecule has 1 aromatic rings. The Balaban J connectivity index is 2.01. The minimum absolute atomic E-state index is 0.0980. The number of hydrogen-bond acceptors (Lipinski definition) is 4. The SMILES string of the molecule is O=C1CC(O)CN1c1nc2c(c(=O)[nH]1)CCCC2. The highest BCUT2D eigenvalue weighted by Gasteiger charge is 2.31. The molecule has 3 rings (SSSR count). The molecule has 96 valence electrons. The van der Waals surface area contributed by atoms with E-state index in [1.807, 2.05) is 0 Å². The number of rotatable bonds is 1. The Morgan fingerprint density at radius 3 is 2.78 bits per heavy atom. The molecule has 2 heterocycles. The summed E-state index contributed by atoms with van der Waals surface area (Å²) in [6.45, 7) is 0.209. The number of aliphatic hydroxyl groups excluding tert-OH is 1. The number of fused-ring (bicyclic) bond motifs is 1. The fourth-order valence-corrected chi connectivity index (χ4v) is 2.61. The molecule has 1 saturated heterocycles. The van der Waals surface area contributed by atoms with E-state index in [-0.39, 0.29) is 30.4 Å². The van der Waals surface area contributed by atoms with Gasteiger partial charge in [-0.1, -0.05) is 0 Å². The van der Waals surface area contributed by atoms with Gasteiger partial charge in [0.2, 0.25) is 11.9 Å². The minimum atomic E-state index is -0.668. The van der Waals surface area contributed by atoms with E-state index in [9.17, 15) is 14.7 Å². The van der Waals surface area contributed by atoms with Crippen LogP contribution in [0.4, 0.5) is 5.95 Å². The molecule has 0 aromatic carbocycles. The molecule has 18 heavy (non-hydrogen) atoms. The van der Waals surface area contributed by atoms with E-state index >= 15 is 0 Å². The van der Waals surface area contributed by atoms with E-state index in [1.54, 1.807) is 0 Å². The maximum Gasteiger partial charge on any atom is 0.255 e. The topological polar surface area (TPSA) is 86.3 Å². The van der Waals surface area contributed by atoms with Crippen molar-refractivity contribution in [2.75, 3.05) is 11.4 Å². The van der Waals surface area contributed by atoms with Crippen molar-refractivity contribution in [2.45, 2.75) is 38.2 Å². The van der Waals surface area contributed by atoms with E-state index in [2.05, 4.69) is 9.97 Å². The lowest BCUT2D eigenvalue weighted by molar-refractivity contribution is -0.117. The van der Waals surface area contributed by atoms with Gasteiger partial charge < -0.3 is 5.11 Å². The van der Waals surface area contributed by atoms with Gasteiger partial charge in [0.15, 0.2) is 0 Å². The van der Waals surface area contributed by atoms with Crippen LogP contribution in [0.15, 0.2) is 4.79 Å². The molecule has 1 atom stereocenters. The number of aromatic nitrogens is 2. The zero-order chi connectivity index (χ0) is 12.7. The van der Waals surface area contributed by atoms with Crippen LogP contribution in [-0.2, 0) is 17.6 Å². The van der Waals surface area contributed by atoms with Gasteiger partial charge in [-0.05, 0) is 25.7 Å². The summed E-state index contributed by atoms with van der Waals surface area (Å²) in [7, 11) is 0. The van der Waals surface area contributed by atoms with Crippen molar-refractivity contribution in [3.05, 3.63) is 21.6 Å². The Morgan fingerprint density at radius 1 is 1.28 bits per heavy atom. The number of nitrogens with zero attached hydrogens (tertiary/aromatic N) is 2. The summed E-state index contributed by atoms with van der Waals surface area (Å²) in [5, 5.41) is 9.46. The third-order valence-electron chi connectivity index (χ3n) is 3.54. The third kappa shape index (κ3) is 1.82. The molecule has 0 saturated carbocycles. The van der Waals surface area contributed by atoms with Crippen LogP contribution in [0, 0.1) is 0 Å². The normalized spacial score (nSPS) is 23.3. The summed E-state index contributed by atoms with van der Waals surface area (Å²) in [5.41, 5.74) is 1.40. The number of hydrogen-bond donors (Lipinski definition) is 2. The molecule has 2 N–H and O–H groups in total. The highest BCUT2D eigenvalue weighted by Crippen LogP contribution is 2.21. The Labute approximate surface area is 104 Å². The number of carbonyl (C=O) groups excluding carboxylic acids is 1. The van der Waals surface area contributed by atoms with Gasteiger partial charge in [-0.15, -0.1) is 0 Å². The number of aromatic amines is 1. The van der Waals surface area contributed by atoms with Crippen LogP contribution < -0.4 is 10.5 Å². The summed E-state index contributed by atoms with van der Waals surface area (Å²) < 4.78 is 0. The van der Waals surface area contributed by atoms with E-state index in [1.165, 1.54) is 4.90 Å². The predicted molar refractivity (Wildman–Crippen MR) is 64.5 cm³/mol. The first-order chi connectivity index (χ1) is 8.65. The van der Waals surface area contributed by atoms with E-state index < -0.39 is 6.10 Å². The second-order valence-corrected chi connectivity index (χ2v) is 4.88. The molecule has 6 heteroatoms. The van der Waals surface area contributed by atoms with Crippen molar-refractivity contribution in [1.29, 1.82) is 0 Å². The number of H-pyrrole nitrogens is 1. The van der Waals surface area contributed by atoms with Crippen LogP contribution in [0.2, 0.25) is 0 Å². The lowest BCUT2D eigenvalue weighted by Crippen LogP contribution is -2.31. The van der Waals surface area contributed by atoms with Gasteiger partial charge in [0.1, 0.15) is 0 Å². The first kappa shape index (κ1) is 11.4. The summed E-state index contributed by atoms with van der Waals surface area (Å²) >= 11 is 0. The maximum atomic E-state index is 11.9. The number of anilines is 1. The van der Waals surface area contributed by atoms with Gasteiger partial charge in [0.25, 0.3) is 5.56 Å². The molecule has 1 aromatic heterocycles. The van der Waals surface area contributed by atoms with Gasteiger partial charge in [0, 0.05) is 5.56 Å². The van der Waals surface area contributed by atoms with Gasteiger partial charge in [-0.2, -0.15) is 0 Å². The Morgan fingerprint density at radius 2 is 2.06 bits per heavy atom. The fraction of sp³-hybridized carbons (Fsp3) is 0.583. The van der Waals surface area contributed by atoms with Crippen molar-refractivity contribution in [2.24, 2.45) is 0 Å². The van der Waals surface area contributed by atoms with Crippen molar-refractivity contribution in [3.8, 4) is 0 Å². The molecular formula is C12H15N3O3. The van der Waals surface area contributed by atoms with Crippen molar-refractivity contribution in [1.82, 2.24) is 9.97 Å². The lowest BCUT2D eigenvalue weighted by Gasteiger charge is -2.18. The van der Waals surface area contributed by atoms with Crippen LogP contribution in [-0.4, -0.2) is 33.6 Å². The summed E-state index contributed by atoms with van der Waals surface area (Å²) in [6, 6.07) is 0. The van der Waals surface area contributed by atoms with Gasteiger partial charge in [-0.25, -0.2) is 4.98 Å². The van der Waals surface area contributed by atoms with Crippen molar-refractivity contribution in [3.63, 3.8) is 0 Å². The van der Waals surface area contributed by atoms with Crippen molar-refractivity contribution < 1.29 is 9.90 Å². The zero-order valence-corrected chi connectivity index (χ0v) is 9.98. The Hall–Kier alpha value is -1.69. The smallest absolute Gasteiger partial charge is 0.255 e. The molecule has 1 aliphatic carbocycles. The van der Waals surface area contributed by atoms with E-state index in [4.69, 9.17) is 0 Å². The molecule has 6 nitrogen and oxygen atoms in total. The number of β-amino-alcohol motifs (C(OH)–C–C–N with tert-alkyl or cyclic N) is 1. The second kappa shape index (κ2) is 4.20. The lowest BCUT2D eigenvalue weighted by atomic mass is 9.97. The molecule has 0 radical (unpaired) electrons. The molecule has 0 spiro atoms. The molecule has 1 fully saturated rings. The number of carbonyl (C=O) groups is 1.